The summed E-state index contributed by atoms with van der Waals surface area (Å²) in [6, 6.07) is -0.366. The first-order chi connectivity index (χ1) is 4.22. The minimum Gasteiger partial charge on any atom is -0.394 e. The van der Waals surface area contributed by atoms with E-state index in [1.807, 2.05) is 6.92 Å². The van der Waals surface area contributed by atoms with E-state index in [0.29, 0.717) is 6.54 Å². The van der Waals surface area contributed by atoms with Gasteiger partial charge in [0.15, 0.2) is 0 Å². The molecule has 0 amide bonds. The average molecular weight is 131 g/mol. The molecule has 54 valence electrons. The molecule has 9 heavy (non-hydrogen) atoms. The van der Waals surface area contributed by atoms with Gasteiger partial charge in [0.2, 0.25) is 0 Å². The monoisotopic (exact) mass is 131 g/mol. The highest BCUT2D eigenvalue weighted by Gasteiger charge is 2.08. The van der Waals surface area contributed by atoms with Crippen LogP contribution in [0.4, 0.5) is 0 Å². The normalized spacial score (nSPS) is 13.2. The second kappa shape index (κ2) is 4.47. The molecule has 0 aromatic heterocycles. The van der Waals surface area contributed by atoms with Crippen LogP contribution in [0.25, 0.3) is 0 Å². The molecule has 0 rings (SSSR count). The number of rotatable bonds is 4. The van der Waals surface area contributed by atoms with Gasteiger partial charge in [0, 0.05) is 0 Å². The maximum absolute atomic E-state index is 10.5. The quantitative estimate of drug-likeness (QED) is 0.543. The largest absolute Gasteiger partial charge is 0.394 e. The van der Waals surface area contributed by atoms with E-state index in [1.165, 1.54) is 6.92 Å². The number of Topliss-reactive ketones (excluding diaryl/α,β-unsaturated/α-hetero) is 1. The van der Waals surface area contributed by atoms with Gasteiger partial charge in [-0.25, -0.2) is 0 Å². The van der Waals surface area contributed by atoms with Gasteiger partial charge in [-0.3, -0.25) is 4.79 Å². The Hall–Kier alpha value is -0.410. The second-order valence-electron chi connectivity index (χ2n) is 1.90. The van der Waals surface area contributed by atoms with Gasteiger partial charge in [0.25, 0.3) is 0 Å². The smallest absolute Gasteiger partial charge is 0.149 e. The number of carbonyl (C=O) groups excluding carboxylic acids is 1. The lowest BCUT2D eigenvalue weighted by Gasteiger charge is -2.09. The third-order valence-corrected chi connectivity index (χ3v) is 1.12. The zero-order valence-electron chi connectivity index (χ0n) is 5.85. The molecule has 0 spiro atoms. The van der Waals surface area contributed by atoms with Gasteiger partial charge >= 0.3 is 0 Å². The summed E-state index contributed by atoms with van der Waals surface area (Å²) in [4.78, 5) is 10.5. The van der Waals surface area contributed by atoms with Crippen LogP contribution in [0.3, 0.4) is 0 Å². The zero-order chi connectivity index (χ0) is 7.28. The fourth-order valence-electron chi connectivity index (χ4n) is 0.583. The molecule has 0 fully saturated rings. The number of carbonyl (C=O) groups is 1. The SMILES string of the molecule is CCN[C@H](CO)C(C)=O. The van der Waals surface area contributed by atoms with E-state index in [-0.39, 0.29) is 18.4 Å². The number of likely N-dealkylation sites (N-methyl/N-ethyl adjacent to an activating group) is 1. The first-order valence-corrected chi connectivity index (χ1v) is 3.07. The topological polar surface area (TPSA) is 49.3 Å². The summed E-state index contributed by atoms with van der Waals surface area (Å²) >= 11 is 0. The lowest BCUT2D eigenvalue weighted by Crippen LogP contribution is -2.38. The summed E-state index contributed by atoms with van der Waals surface area (Å²) in [6.07, 6.45) is 0. The molecule has 0 radical (unpaired) electrons. The van der Waals surface area contributed by atoms with Crippen molar-refractivity contribution in [1.82, 2.24) is 5.32 Å². The predicted octanol–water partition coefficient (Wildman–Crippen LogP) is -0.454. The van der Waals surface area contributed by atoms with Crippen molar-refractivity contribution in [3.63, 3.8) is 0 Å². The fraction of sp³-hybridized carbons (Fsp3) is 0.833. The van der Waals surface area contributed by atoms with E-state index in [0.717, 1.165) is 0 Å². The van der Waals surface area contributed by atoms with Crippen LogP contribution in [-0.4, -0.2) is 30.1 Å². The van der Waals surface area contributed by atoms with Crippen LogP contribution < -0.4 is 5.32 Å². The van der Waals surface area contributed by atoms with E-state index in [1.54, 1.807) is 0 Å². The molecule has 1 atom stereocenters. The van der Waals surface area contributed by atoms with E-state index < -0.39 is 0 Å². The zero-order valence-corrected chi connectivity index (χ0v) is 5.85. The number of aliphatic hydroxyl groups excluding tert-OH is 1. The van der Waals surface area contributed by atoms with Gasteiger partial charge < -0.3 is 10.4 Å². The number of ketones is 1. The molecule has 3 nitrogen and oxygen atoms in total. The maximum Gasteiger partial charge on any atom is 0.149 e. The summed E-state index contributed by atoms with van der Waals surface area (Å²) in [7, 11) is 0. The van der Waals surface area contributed by atoms with Crippen LogP contribution in [0.5, 0.6) is 0 Å². The van der Waals surface area contributed by atoms with Crippen molar-refractivity contribution >= 4 is 5.78 Å². The Morgan fingerprint density at radius 2 is 2.33 bits per heavy atom. The molecule has 0 aliphatic rings. The van der Waals surface area contributed by atoms with Crippen LogP contribution in [0.15, 0.2) is 0 Å². The Bertz CT molecular complexity index is 93.1. The van der Waals surface area contributed by atoms with Crippen molar-refractivity contribution in [2.24, 2.45) is 0 Å². The first-order valence-electron chi connectivity index (χ1n) is 3.07. The highest BCUT2D eigenvalue weighted by Crippen LogP contribution is 1.81. The predicted molar refractivity (Wildman–Crippen MR) is 35.2 cm³/mol. The Labute approximate surface area is 55.1 Å². The molecule has 0 saturated heterocycles. The minimum atomic E-state index is -0.366. The van der Waals surface area contributed by atoms with Crippen molar-refractivity contribution in [3.05, 3.63) is 0 Å². The lowest BCUT2D eigenvalue weighted by atomic mass is 10.2. The van der Waals surface area contributed by atoms with Gasteiger partial charge in [-0.2, -0.15) is 0 Å². The van der Waals surface area contributed by atoms with Gasteiger partial charge in [-0.05, 0) is 13.5 Å². The molecule has 0 unspecified atom stereocenters. The third-order valence-electron chi connectivity index (χ3n) is 1.12. The van der Waals surface area contributed by atoms with Crippen LogP contribution in [0.2, 0.25) is 0 Å². The first kappa shape index (κ1) is 8.59. The van der Waals surface area contributed by atoms with Crippen molar-refractivity contribution in [1.29, 1.82) is 0 Å². The summed E-state index contributed by atoms with van der Waals surface area (Å²) in [5, 5.41) is 11.4. The number of nitrogens with one attached hydrogen (secondary N) is 1. The molecule has 3 heteroatoms. The Balaban J connectivity index is 3.54. The van der Waals surface area contributed by atoms with Crippen molar-refractivity contribution in [3.8, 4) is 0 Å². The standard InChI is InChI=1S/C6H13NO2/c1-3-7-6(4-8)5(2)9/h6-8H,3-4H2,1-2H3/t6-/m1/s1. The molecule has 0 heterocycles. The summed E-state index contributed by atoms with van der Waals surface area (Å²) in [5.74, 6) is -0.0145. The van der Waals surface area contributed by atoms with E-state index in [9.17, 15) is 4.79 Å². The van der Waals surface area contributed by atoms with Gasteiger partial charge in [0.05, 0.1) is 12.6 Å². The van der Waals surface area contributed by atoms with E-state index in [2.05, 4.69) is 5.32 Å². The summed E-state index contributed by atoms with van der Waals surface area (Å²) in [6.45, 7) is 3.96. The number of aliphatic hydroxyl groups is 1. The van der Waals surface area contributed by atoms with Crippen molar-refractivity contribution in [2.45, 2.75) is 19.9 Å². The van der Waals surface area contributed by atoms with Crippen LogP contribution >= 0.6 is 0 Å². The van der Waals surface area contributed by atoms with E-state index >= 15 is 0 Å². The third kappa shape index (κ3) is 3.21. The Morgan fingerprint density at radius 3 is 2.44 bits per heavy atom. The van der Waals surface area contributed by atoms with Crippen LogP contribution in [0.1, 0.15) is 13.8 Å². The molecule has 0 bridgehead atoms. The Morgan fingerprint density at radius 1 is 1.78 bits per heavy atom. The Kier molecular flexibility index (Phi) is 4.26. The molecule has 2 N–H and O–H groups in total. The van der Waals surface area contributed by atoms with Crippen molar-refractivity contribution in [2.75, 3.05) is 13.2 Å². The molecule has 0 aromatic carbocycles. The van der Waals surface area contributed by atoms with Crippen LogP contribution in [0, 0.1) is 0 Å². The summed E-state index contributed by atoms with van der Waals surface area (Å²) in [5.41, 5.74) is 0. The fourth-order valence-corrected chi connectivity index (χ4v) is 0.583. The molecular formula is C6H13NO2. The van der Waals surface area contributed by atoms with Crippen molar-refractivity contribution < 1.29 is 9.90 Å². The molecule has 0 aliphatic heterocycles. The van der Waals surface area contributed by atoms with Gasteiger partial charge in [0.1, 0.15) is 5.78 Å². The van der Waals surface area contributed by atoms with Gasteiger partial charge in [-0.15, -0.1) is 0 Å². The molecule has 0 aromatic rings. The van der Waals surface area contributed by atoms with Crippen LogP contribution in [-0.2, 0) is 4.79 Å². The second-order valence-corrected chi connectivity index (χ2v) is 1.90. The summed E-state index contributed by atoms with van der Waals surface area (Å²) < 4.78 is 0. The molecule has 0 aliphatic carbocycles. The number of hydrogen-bond donors (Lipinski definition) is 2. The molecule has 0 saturated carbocycles. The highest BCUT2D eigenvalue weighted by molar-refractivity contribution is 5.81. The lowest BCUT2D eigenvalue weighted by molar-refractivity contribution is -0.119. The van der Waals surface area contributed by atoms with E-state index in [4.69, 9.17) is 5.11 Å². The highest BCUT2D eigenvalue weighted by atomic mass is 16.3. The van der Waals surface area contributed by atoms with Gasteiger partial charge in [-0.1, -0.05) is 6.92 Å². The average Bonchev–Trinajstić information content (AvgIpc) is 1.82. The number of hydrogen-bond acceptors (Lipinski definition) is 3. The minimum absolute atomic E-state index is 0.0145. The molecular weight excluding hydrogens is 118 g/mol. The maximum atomic E-state index is 10.5.